The van der Waals surface area contributed by atoms with Crippen LogP contribution in [0, 0.1) is 11.2 Å². The number of hydrogen-bond acceptors (Lipinski definition) is 8. The molecular weight excluding hydrogens is 603 g/mol. The van der Waals surface area contributed by atoms with Crippen molar-refractivity contribution in [2.45, 2.75) is 37.1 Å². The van der Waals surface area contributed by atoms with Crippen molar-refractivity contribution in [1.29, 1.82) is 0 Å². The molecule has 1 aliphatic carbocycles. The first-order chi connectivity index (χ1) is 21.4. The van der Waals surface area contributed by atoms with E-state index in [4.69, 9.17) is 14.9 Å². The Kier molecular flexibility index (Phi) is 8.64. The highest BCUT2D eigenvalue weighted by atomic mass is 32.2. The molecule has 45 heavy (non-hydrogen) atoms. The Morgan fingerprint density at radius 1 is 1.00 bits per heavy atom. The Balaban J connectivity index is 0.000000383. The SMILES string of the molecule is CC1(C)CSc2c(Oc3ccc(NC(=O)c4cccn(-c5ccc(F)cc5)c4=O)cc3)ccnc2N1.O=C(O)C1(C(=O)O)CC1. The largest absolute Gasteiger partial charge is 0.480 e. The van der Waals surface area contributed by atoms with Crippen LogP contribution in [0.25, 0.3) is 5.69 Å². The maximum Gasteiger partial charge on any atom is 0.321 e. The van der Waals surface area contributed by atoms with Crippen LogP contribution in [0.15, 0.2) is 88.8 Å². The molecule has 0 unspecified atom stereocenters. The Morgan fingerprint density at radius 2 is 1.67 bits per heavy atom. The summed E-state index contributed by atoms with van der Waals surface area (Å²) in [5, 5.41) is 22.8. The zero-order valence-electron chi connectivity index (χ0n) is 24.2. The molecule has 0 spiro atoms. The monoisotopic (exact) mass is 632 g/mol. The van der Waals surface area contributed by atoms with Crippen LogP contribution < -0.4 is 20.9 Å². The molecule has 0 bridgehead atoms. The number of pyridine rings is 2. The van der Waals surface area contributed by atoms with Crippen molar-refractivity contribution in [2.75, 3.05) is 16.4 Å². The molecule has 6 rings (SSSR count). The lowest BCUT2D eigenvalue weighted by Gasteiger charge is -2.32. The van der Waals surface area contributed by atoms with Crippen LogP contribution >= 0.6 is 11.8 Å². The van der Waals surface area contributed by atoms with E-state index in [0.717, 1.165) is 16.5 Å². The van der Waals surface area contributed by atoms with E-state index < -0.39 is 34.6 Å². The van der Waals surface area contributed by atoms with Gasteiger partial charge in [0.1, 0.15) is 28.7 Å². The lowest BCUT2D eigenvalue weighted by atomic mass is 10.1. The molecule has 1 aliphatic heterocycles. The summed E-state index contributed by atoms with van der Waals surface area (Å²) in [5.41, 5.74) is -1.02. The molecule has 232 valence electrons. The van der Waals surface area contributed by atoms with E-state index in [-0.39, 0.29) is 23.9 Å². The number of hydrogen-bond donors (Lipinski definition) is 4. The van der Waals surface area contributed by atoms with Crippen molar-refractivity contribution in [3.8, 4) is 17.2 Å². The van der Waals surface area contributed by atoms with Crippen molar-refractivity contribution in [3.05, 3.63) is 101 Å². The standard InChI is InChI=1S/C27H23FN4O3S.C5H6O4/c1-27(2)16-36-23-22(13-14-29-24(23)31-27)35-20-11-7-18(8-12-20)30-25(33)21-4-3-15-32(26(21)34)19-9-5-17(28)6-10-19;6-3(7)5(1-2-5)4(8)9/h3-15H,16H2,1-2H3,(H,29,31)(H,30,33);1-2H2,(H,6,7)(H,8,9). The Bertz CT molecular complexity index is 1800. The molecule has 2 aromatic carbocycles. The van der Waals surface area contributed by atoms with Gasteiger partial charge in [-0.25, -0.2) is 9.37 Å². The molecule has 4 aromatic rings. The highest BCUT2D eigenvalue weighted by Crippen LogP contribution is 2.46. The third-order valence-electron chi connectivity index (χ3n) is 7.11. The molecule has 2 aliphatic rings. The van der Waals surface area contributed by atoms with E-state index in [1.54, 1.807) is 48.3 Å². The van der Waals surface area contributed by atoms with E-state index in [1.807, 2.05) is 6.07 Å². The van der Waals surface area contributed by atoms with Gasteiger partial charge in [-0.2, -0.15) is 0 Å². The maximum atomic E-state index is 13.2. The van der Waals surface area contributed by atoms with Crippen molar-refractivity contribution in [3.63, 3.8) is 0 Å². The molecular formula is C32H29FN4O7S. The van der Waals surface area contributed by atoms with Crippen LogP contribution in [0.1, 0.15) is 37.0 Å². The third kappa shape index (κ3) is 6.99. The van der Waals surface area contributed by atoms with Crippen molar-refractivity contribution in [1.82, 2.24) is 9.55 Å². The second-order valence-corrected chi connectivity index (χ2v) is 12.1. The maximum absolute atomic E-state index is 13.2. The molecule has 13 heteroatoms. The number of carboxylic acid groups (broad SMARTS) is 2. The number of nitrogens with one attached hydrogen (secondary N) is 2. The summed E-state index contributed by atoms with van der Waals surface area (Å²) in [6.45, 7) is 4.25. The molecule has 1 amide bonds. The summed E-state index contributed by atoms with van der Waals surface area (Å²) in [7, 11) is 0. The van der Waals surface area contributed by atoms with Gasteiger partial charge in [-0.05, 0) is 87.4 Å². The summed E-state index contributed by atoms with van der Waals surface area (Å²) in [5.74, 6) is -0.387. The smallest absolute Gasteiger partial charge is 0.321 e. The number of nitrogens with zero attached hydrogens (tertiary/aromatic N) is 2. The zero-order chi connectivity index (χ0) is 32.4. The Labute approximate surface area is 261 Å². The van der Waals surface area contributed by atoms with Crippen LogP contribution in [-0.2, 0) is 9.59 Å². The van der Waals surface area contributed by atoms with E-state index >= 15 is 0 Å². The number of aliphatic carboxylic acids is 2. The van der Waals surface area contributed by atoms with E-state index in [9.17, 15) is 23.6 Å². The second kappa shape index (κ2) is 12.4. The number of amides is 1. The van der Waals surface area contributed by atoms with Gasteiger partial charge in [0.2, 0.25) is 0 Å². The fraction of sp³-hybridized carbons (Fsp3) is 0.219. The van der Waals surface area contributed by atoms with Crippen LogP contribution in [0.4, 0.5) is 15.9 Å². The van der Waals surface area contributed by atoms with Crippen LogP contribution in [0.3, 0.4) is 0 Å². The summed E-state index contributed by atoms with van der Waals surface area (Å²) in [4.78, 5) is 51.4. The van der Waals surface area contributed by atoms with Gasteiger partial charge >= 0.3 is 11.9 Å². The fourth-order valence-corrected chi connectivity index (χ4v) is 5.47. The van der Waals surface area contributed by atoms with E-state index in [1.165, 1.54) is 41.1 Å². The molecule has 2 aromatic heterocycles. The number of carbonyl (C=O) groups is 3. The van der Waals surface area contributed by atoms with Gasteiger partial charge in [0, 0.05) is 41.1 Å². The first kappa shape index (κ1) is 31.3. The van der Waals surface area contributed by atoms with E-state index in [2.05, 4.69) is 29.5 Å². The number of carboxylic acids is 2. The molecule has 11 nitrogen and oxygen atoms in total. The topological polar surface area (TPSA) is 160 Å². The lowest BCUT2D eigenvalue weighted by molar-refractivity contribution is -0.156. The number of anilines is 2. The van der Waals surface area contributed by atoms with Gasteiger partial charge in [-0.1, -0.05) is 0 Å². The van der Waals surface area contributed by atoms with Crippen molar-refractivity contribution >= 4 is 41.1 Å². The second-order valence-electron chi connectivity index (χ2n) is 11.1. The highest BCUT2D eigenvalue weighted by Gasteiger charge is 2.57. The molecule has 0 saturated heterocycles. The fourth-order valence-electron chi connectivity index (χ4n) is 4.40. The molecule has 1 saturated carbocycles. The summed E-state index contributed by atoms with van der Waals surface area (Å²) < 4.78 is 20.6. The molecule has 1 fully saturated rings. The van der Waals surface area contributed by atoms with Crippen LogP contribution in [0.5, 0.6) is 11.5 Å². The quantitative estimate of drug-likeness (QED) is 0.188. The molecule has 3 heterocycles. The molecule has 0 atom stereocenters. The number of ether oxygens (including phenoxy) is 1. The van der Waals surface area contributed by atoms with Gasteiger partial charge in [-0.15, -0.1) is 11.8 Å². The number of aromatic nitrogens is 2. The van der Waals surface area contributed by atoms with Gasteiger partial charge in [0.05, 0.1) is 4.90 Å². The van der Waals surface area contributed by atoms with E-state index in [0.29, 0.717) is 22.9 Å². The minimum Gasteiger partial charge on any atom is -0.480 e. The Morgan fingerprint density at radius 3 is 2.27 bits per heavy atom. The number of benzene rings is 2. The molecule has 4 N–H and O–H groups in total. The summed E-state index contributed by atoms with van der Waals surface area (Å²) in [6, 6.07) is 17.3. The first-order valence-electron chi connectivity index (χ1n) is 13.8. The number of fused-ring (bicyclic) bond motifs is 1. The van der Waals surface area contributed by atoms with Gasteiger partial charge < -0.3 is 25.6 Å². The highest BCUT2D eigenvalue weighted by molar-refractivity contribution is 7.99. The number of thioether (sulfide) groups is 1. The predicted molar refractivity (Wildman–Crippen MR) is 166 cm³/mol. The Hall–Kier alpha value is -5.17. The zero-order valence-corrected chi connectivity index (χ0v) is 25.1. The van der Waals surface area contributed by atoms with Crippen molar-refractivity contribution in [2.24, 2.45) is 5.41 Å². The molecule has 0 radical (unpaired) electrons. The first-order valence-corrected chi connectivity index (χ1v) is 14.8. The normalized spacial score (nSPS) is 15.3. The third-order valence-corrected chi connectivity index (χ3v) is 8.66. The minimum absolute atomic E-state index is 0.0296. The number of rotatable bonds is 7. The van der Waals surface area contributed by atoms with Crippen LogP contribution in [-0.4, -0.2) is 48.9 Å². The van der Waals surface area contributed by atoms with Gasteiger partial charge in [-0.3, -0.25) is 23.7 Å². The van der Waals surface area contributed by atoms with Gasteiger partial charge in [0.15, 0.2) is 5.41 Å². The summed E-state index contributed by atoms with van der Waals surface area (Å²) in [6.07, 6.45) is 3.79. The minimum atomic E-state index is -1.42. The number of halogens is 1. The average Bonchev–Trinajstić information content (AvgIpc) is 3.82. The number of carbonyl (C=O) groups excluding carboxylic acids is 1. The summed E-state index contributed by atoms with van der Waals surface area (Å²) >= 11 is 1.70. The van der Waals surface area contributed by atoms with Crippen molar-refractivity contribution < 1.29 is 33.7 Å². The average molecular weight is 633 g/mol. The predicted octanol–water partition coefficient (Wildman–Crippen LogP) is 5.65. The van der Waals surface area contributed by atoms with Gasteiger partial charge in [0.25, 0.3) is 11.5 Å². The van der Waals surface area contributed by atoms with Crippen LogP contribution in [0.2, 0.25) is 0 Å². The lowest BCUT2D eigenvalue weighted by Crippen LogP contribution is -2.36.